The van der Waals surface area contributed by atoms with Crippen molar-refractivity contribution in [3.8, 4) is 5.75 Å². The third-order valence-electron chi connectivity index (χ3n) is 3.12. The molecule has 1 N–H and O–H groups in total. The zero-order valence-electron chi connectivity index (χ0n) is 11.1. The molecule has 0 heterocycles. The fourth-order valence-corrected chi connectivity index (χ4v) is 1.98. The monoisotopic (exact) mass is 261 g/mol. The van der Waals surface area contributed by atoms with Gasteiger partial charge in [-0.15, -0.1) is 0 Å². The summed E-state index contributed by atoms with van der Waals surface area (Å²) in [6.45, 7) is 0.418. The number of aliphatic hydroxyl groups excluding tert-OH is 1. The number of benzene rings is 1. The van der Waals surface area contributed by atoms with Crippen LogP contribution in [0.5, 0.6) is 5.75 Å². The molecule has 2 rings (SSSR count). The Balaban J connectivity index is 2.01. The molecule has 4 nitrogen and oxygen atoms in total. The number of hydrogen-bond donors (Lipinski definition) is 1. The molecule has 0 unspecified atom stereocenters. The van der Waals surface area contributed by atoms with Crippen molar-refractivity contribution in [1.29, 1.82) is 0 Å². The average Bonchev–Trinajstić information content (AvgIpc) is 3.27. The molecule has 0 atom stereocenters. The van der Waals surface area contributed by atoms with Gasteiger partial charge < -0.3 is 14.7 Å². The number of ether oxygens (including phenoxy) is 1. The fraction of sp³-hybridized carbons (Fsp3) is 0.400. The standard InChI is InChI=1S/C15H19NO3/c1-19-14-4-2-3-12(11-14)5-8-15(18)16(9-10-17)13-6-7-13/h2-5,8,11,13,17H,6-7,9-10H2,1H3/b8-5+. The van der Waals surface area contributed by atoms with Crippen LogP contribution < -0.4 is 4.74 Å². The second-order valence-electron chi connectivity index (χ2n) is 4.60. The second kappa shape index (κ2) is 6.38. The Kier molecular flexibility index (Phi) is 4.58. The lowest BCUT2D eigenvalue weighted by molar-refractivity contribution is -0.127. The maximum atomic E-state index is 12.0. The van der Waals surface area contributed by atoms with Gasteiger partial charge in [0.2, 0.25) is 5.91 Å². The second-order valence-corrected chi connectivity index (χ2v) is 4.60. The quantitative estimate of drug-likeness (QED) is 0.793. The maximum absolute atomic E-state index is 12.0. The highest BCUT2D eigenvalue weighted by molar-refractivity contribution is 5.92. The Morgan fingerprint density at radius 1 is 1.53 bits per heavy atom. The zero-order chi connectivity index (χ0) is 13.7. The summed E-state index contributed by atoms with van der Waals surface area (Å²) in [7, 11) is 1.62. The lowest BCUT2D eigenvalue weighted by Gasteiger charge is -2.19. The highest BCUT2D eigenvalue weighted by atomic mass is 16.5. The topological polar surface area (TPSA) is 49.8 Å². The van der Waals surface area contributed by atoms with Crippen LogP contribution in [0.3, 0.4) is 0 Å². The number of carbonyl (C=O) groups excluding carboxylic acids is 1. The van der Waals surface area contributed by atoms with Crippen LogP contribution >= 0.6 is 0 Å². The average molecular weight is 261 g/mol. The van der Waals surface area contributed by atoms with Crippen LogP contribution in [0.2, 0.25) is 0 Å². The van der Waals surface area contributed by atoms with Crippen molar-refractivity contribution in [2.24, 2.45) is 0 Å². The molecule has 1 aliphatic carbocycles. The third-order valence-corrected chi connectivity index (χ3v) is 3.12. The van der Waals surface area contributed by atoms with Gasteiger partial charge in [-0.2, -0.15) is 0 Å². The molecule has 0 radical (unpaired) electrons. The van der Waals surface area contributed by atoms with Crippen LogP contribution in [0.4, 0.5) is 0 Å². The Hall–Kier alpha value is -1.81. The first kappa shape index (κ1) is 13.6. The van der Waals surface area contributed by atoms with Crippen molar-refractivity contribution in [2.45, 2.75) is 18.9 Å². The molecule has 1 aromatic carbocycles. The Morgan fingerprint density at radius 3 is 2.95 bits per heavy atom. The van der Waals surface area contributed by atoms with E-state index in [1.165, 1.54) is 0 Å². The van der Waals surface area contributed by atoms with Gasteiger partial charge in [-0.25, -0.2) is 0 Å². The molecular formula is C15H19NO3. The smallest absolute Gasteiger partial charge is 0.246 e. The van der Waals surface area contributed by atoms with E-state index in [1.807, 2.05) is 24.3 Å². The van der Waals surface area contributed by atoms with Gasteiger partial charge in [-0.3, -0.25) is 4.79 Å². The number of methoxy groups -OCH3 is 1. The van der Waals surface area contributed by atoms with E-state index in [0.717, 1.165) is 24.2 Å². The van der Waals surface area contributed by atoms with Crippen LogP contribution in [0.15, 0.2) is 30.3 Å². The summed E-state index contributed by atoms with van der Waals surface area (Å²) >= 11 is 0. The van der Waals surface area contributed by atoms with Crippen molar-refractivity contribution in [1.82, 2.24) is 4.90 Å². The third kappa shape index (κ3) is 3.83. The van der Waals surface area contributed by atoms with Gasteiger partial charge >= 0.3 is 0 Å². The van der Waals surface area contributed by atoms with E-state index in [2.05, 4.69) is 0 Å². The number of carbonyl (C=O) groups is 1. The van der Waals surface area contributed by atoms with Crippen LogP contribution in [-0.2, 0) is 4.79 Å². The van der Waals surface area contributed by atoms with E-state index in [9.17, 15) is 4.79 Å². The molecule has 1 fully saturated rings. The molecule has 19 heavy (non-hydrogen) atoms. The van der Waals surface area contributed by atoms with E-state index >= 15 is 0 Å². The summed E-state index contributed by atoms with van der Waals surface area (Å²) in [5, 5.41) is 8.98. The molecule has 4 heteroatoms. The lowest BCUT2D eigenvalue weighted by Crippen LogP contribution is -2.34. The van der Waals surface area contributed by atoms with E-state index in [1.54, 1.807) is 24.2 Å². The summed E-state index contributed by atoms with van der Waals surface area (Å²) in [4.78, 5) is 13.8. The zero-order valence-corrected chi connectivity index (χ0v) is 11.1. The summed E-state index contributed by atoms with van der Waals surface area (Å²) in [5.74, 6) is 0.725. The van der Waals surface area contributed by atoms with Gasteiger partial charge in [0.05, 0.1) is 13.7 Å². The summed E-state index contributed by atoms with van der Waals surface area (Å²) in [5.41, 5.74) is 0.924. The van der Waals surface area contributed by atoms with Crippen LogP contribution in [-0.4, -0.2) is 42.2 Å². The van der Waals surface area contributed by atoms with E-state index < -0.39 is 0 Å². The molecule has 1 saturated carbocycles. The number of amides is 1. The van der Waals surface area contributed by atoms with Crippen molar-refractivity contribution >= 4 is 12.0 Å². The fourth-order valence-electron chi connectivity index (χ4n) is 1.98. The molecular weight excluding hydrogens is 242 g/mol. The van der Waals surface area contributed by atoms with Crippen LogP contribution in [0, 0.1) is 0 Å². The Bertz CT molecular complexity index is 466. The van der Waals surface area contributed by atoms with E-state index in [4.69, 9.17) is 9.84 Å². The first-order chi connectivity index (χ1) is 9.24. The van der Waals surface area contributed by atoms with Gasteiger partial charge in [-0.05, 0) is 36.6 Å². The van der Waals surface area contributed by atoms with Crippen LogP contribution in [0.25, 0.3) is 6.08 Å². The summed E-state index contributed by atoms with van der Waals surface area (Å²) < 4.78 is 5.13. The van der Waals surface area contributed by atoms with Crippen molar-refractivity contribution in [3.05, 3.63) is 35.9 Å². The molecule has 1 aliphatic rings. The summed E-state index contributed by atoms with van der Waals surface area (Å²) in [6, 6.07) is 7.85. The SMILES string of the molecule is COc1cccc(/C=C/C(=O)N(CCO)C2CC2)c1. The normalized spacial score (nSPS) is 14.6. The van der Waals surface area contributed by atoms with Gasteiger partial charge in [0.15, 0.2) is 0 Å². The Morgan fingerprint density at radius 2 is 2.32 bits per heavy atom. The minimum absolute atomic E-state index is 0.00917. The van der Waals surface area contributed by atoms with Gasteiger partial charge in [0.1, 0.15) is 5.75 Å². The van der Waals surface area contributed by atoms with E-state index in [0.29, 0.717) is 12.6 Å². The largest absolute Gasteiger partial charge is 0.497 e. The van der Waals surface area contributed by atoms with Crippen molar-refractivity contribution < 1.29 is 14.6 Å². The molecule has 1 amide bonds. The number of hydrogen-bond acceptors (Lipinski definition) is 3. The highest BCUT2D eigenvalue weighted by Gasteiger charge is 2.30. The molecule has 102 valence electrons. The summed E-state index contributed by atoms with van der Waals surface area (Å²) in [6.07, 6.45) is 5.41. The first-order valence-corrected chi connectivity index (χ1v) is 6.48. The lowest BCUT2D eigenvalue weighted by atomic mass is 10.2. The minimum Gasteiger partial charge on any atom is -0.497 e. The number of rotatable bonds is 6. The number of nitrogens with zero attached hydrogens (tertiary/aromatic N) is 1. The first-order valence-electron chi connectivity index (χ1n) is 6.48. The predicted molar refractivity (Wildman–Crippen MR) is 73.8 cm³/mol. The number of aliphatic hydroxyl groups is 1. The van der Waals surface area contributed by atoms with Crippen LogP contribution in [0.1, 0.15) is 18.4 Å². The molecule has 1 aromatic rings. The van der Waals surface area contributed by atoms with Gasteiger partial charge in [0, 0.05) is 18.7 Å². The Labute approximate surface area is 113 Å². The van der Waals surface area contributed by atoms with Crippen molar-refractivity contribution in [2.75, 3.05) is 20.3 Å². The van der Waals surface area contributed by atoms with Crippen molar-refractivity contribution in [3.63, 3.8) is 0 Å². The van der Waals surface area contributed by atoms with E-state index in [-0.39, 0.29) is 12.5 Å². The predicted octanol–water partition coefficient (Wildman–Crippen LogP) is 1.69. The highest BCUT2D eigenvalue weighted by Crippen LogP contribution is 2.26. The maximum Gasteiger partial charge on any atom is 0.246 e. The molecule has 0 bridgehead atoms. The molecule has 0 spiro atoms. The molecule has 0 saturated heterocycles. The van der Waals surface area contributed by atoms with Gasteiger partial charge in [-0.1, -0.05) is 12.1 Å². The molecule has 0 aromatic heterocycles. The van der Waals surface area contributed by atoms with Gasteiger partial charge in [0.25, 0.3) is 0 Å². The minimum atomic E-state index is -0.0423. The molecule has 0 aliphatic heterocycles.